The molecule has 1 aromatic heterocycles. The molecule has 0 unspecified atom stereocenters. The Bertz CT molecular complexity index is 551. The van der Waals surface area contributed by atoms with Gasteiger partial charge in [-0.3, -0.25) is 0 Å². The maximum absolute atomic E-state index is 3.58. The molecule has 0 saturated carbocycles. The molecule has 2 aromatic rings. The van der Waals surface area contributed by atoms with Gasteiger partial charge in [0.25, 0.3) is 0 Å². The van der Waals surface area contributed by atoms with Crippen LogP contribution in [0, 0.1) is 0 Å². The van der Waals surface area contributed by atoms with E-state index in [0.29, 0.717) is 0 Å². The van der Waals surface area contributed by atoms with Gasteiger partial charge in [-0.2, -0.15) is 0 Å². The maximum atomic E-state index is 3.58. The first-order chi connectivity index (χ1) is 9.72. The number of benzene rings is 1. The van der Waals surface area contributed by atoms with Crippen LogP contribution in [0.3, 0.4) is 0 Å². The fourth-order valence-corrected chi connectivity index (χ4v) is 6.06. The van der Waals surface area contributed by atoms with Gasteiger partial charge in [-0.1, -0.05) is 0 Å². The van der Waals surface area contributed by atoms with Crippen LogP contribution in [-0.2, 0) is 24.7 Å². The molecule has 0 atom stereocenters. The Hall–Kier alpha value is 0.763. The average molecular weight is 484 g/mol. The van der Waals surface area contributed by atoms with Crippen molar-refractivity contribution in [3.05, 3.63) is 28.2 Å². The van der Waals surface area contributed by atoms with Crippen molar-refractivity contribution in [1.29, 1.82) is 0 Å². The van der Waals surface area contributed by atoms with Gasteiger partial charge in [0.2, 0.25) is 0 Å². The summed E-state index contributed by atoms with van der Waals surface area (Å²) in [4.78, 5) is 0. The van der Waals surface area contributed by atoms with Gasteiger partial charge < -0.3 is 17.0 Å². The topological polar surface area (TPSA) is 0 Å². The fraction of sp³-hybridized carbons (Fsp3) is 0.529. The number of halogens is 2. The zero-order chi connectivity index (χ0) is 14.4. The molecule has 0 spiro atoms. The molecule has 0 amide bonds. The van der Waals surface area contributed by atoms with Gasteiger partial charge in [0.1, 0.15) is 0 Å². The molecule has 0 bridgehead atoms. The number of hydrogen-bond acceptors (Lipinski definition) is 1. The van der Waals surface area contributed by atoms with E-state index in [4.69, 9.17) is 0 Å². The third-order valence-electron chi connectivity index (χ3n) is 3.87. The number of aryl methyl sites for hydroxylation is 1. The van der Waals surface area contributed by atoms with E-state index in [-0.39, 0.29) is 17.0 Å². The molecular formula is C17H22Br2SZn. The van der Waals surface area contributed by atoms with E-state index in [1.54, 1.807) is 9.03 Å². The number of thiophene rings is 1. The summed E-state index contributed by atoms with van der Waals surface area (Å²) in [5.74, 6) is 0. The van der Waals surface area contributed by atoms with E-state index in [1.165, 1.54) is 84.2 Å². The van der Waals surface area contributed by atoms with Gasteiger partial charge in [0.15, 0.2) is 0 Å². The van der Waals surface area contributed by atoms with Gasteiger partial charge in [-0.15, -0.1) is 0 Å². The molecule has 0 aliphatic carbocycles. The normalized spacial score (nSPS) is 10.9. The van der Waals surface area contributed by atoms with Crippen LogP contribution in [0.2, 0.25) is 0 Å². The zero-order valence-corrected chi connectivity index (χ0v) is 19.7. The predicted octanol–water partition coefficient (Wildman–Crippen LogP) is 3.13. The predicted molar refractivity (Wildman–Crippen MR) is 90.9 cm³/mol. The summed E-state index contributed by atoms with van der Waals surface area (Å²) in [6.45, 7) is 2.28. The molecule has 0 fully saturated rings. The molecule has 0 saturated heterocycles. The Morgan fingerprint density at radius 2 is 1.71 bits per heavy atom. The summed E-state index contributed by atoms with van der Waals surface area (Å²) in [5.41, 5.74) is 1.64. The summed E-state index contributed by atoms with van der Waals surface area (Å²) >= 11 is 6.86. The van der Waals surface area contributed by atoms with E-state index in [9.17, 15) is 0 Å². The van der Waals surface area contributed by atoms with Crippen molar-refractivity contribution in [1.82, 2.24) is 0 Å². The first-order valence-electron chi connectivity index (χ1n) is 7.75. The smallest absolute Gasteiger partial charge is 1.00 e. The van der Waals surface area contributed by atoms with Crippen molar-refractivity contribution in [3.8, 4) is 0 Å². The third-order valence-corrected chi connectivity index (χ3v) is 7.22. The summed E-state index contributed by atoms with van der Waals surface area (Å²) in [7, 11) is 0. The van der Waals surface area contributed by atoms with Crippen LogP contribution in [-0.4, -0.2) is 0 Å². The molecule has 21 heavy (non-hydrogen) atoms. The van der Waals surface area contributed by atoms with Crippen LogP contribution in [0.1, 0.15) is 57.4 Å². The molecular weight excluding hydrogens is 461 g/mol. The van der Waals surface area contributed by atoms with Crippen molar-refractivity contribution < 1.29 is 35.3 Å². The van der Waals surface area contributed by atoms with Gasteiger partial charge in [0.05, 0.1) is 0 Å². The molecule has 0 nitrogen and oxygen atoms in total. The quantitative estimate of drug-likeness (QED) is 0.400. The van der Waals surface area contributed by atoms with Gasteiger partial charge in [-0.05, 0) is 0 Å². The number of hydrogen-bond donors (Lipinski definition) is 0. The summed E-state index contributed by atoms with van der Waals surface area (Å²) in [5, 5.41) is 1.51. The molecule has 0 N–H and O–H groups in total. The molecule has 112 valence electrons. The minimum absolute atomic E-state index is 0. The van der Waals surface area contributed by atoms with Crippen LogP contribution in [0.25, 0.3) is 10.1 Å². The summed E-state index contributed by atoms with van der Waals surface area (Å²) in [6, 6.07) is 6.75. The number of unbranched alkanes of at least 4 members (excludes halogenated alkanes) is 6. The van der Waals surface area contributed by atoms with Crippen molar-refractivity contribution in [3.63, 3.8) is 0 Å². The van der Waals surface area contributed by atoms with Gasteiger partial charge in [-0.25, -0.2) is 0 Å². The first-order valence-corrected chi connectivity index (χ1v) is 10.8. The van der Waals surface area contributed by atoms with E-state index < -0.39 is 0 Å². The van der Waals surface area contributed by atoms with Crippen molar-refractivity contribution in [2.75, 3.05) is 0 Å². The zero-order valence-electron chi connectivity index (χ0n) is 12.8. The maximum Gasteiger partial charge on any atom is -1.00 e. The van der Waals surface area contributed by atoms with Crippen molar-refractivity contribution in [2.45, 2.75) is 58.3 Å². The summed E-state index contributed by atoms with van der Waals surface area (Å²) in [6.07, 6.45) is 11.1. The third kappa shape index (κ3) is 6.05. The van der Waals surface area contributed by atoms with Crippen LogP contribution in [0.15, 0.2) is 22.7 Å². The Labute approximate surface area is 161 Å². The van der Waals surface area contributed by atoms with E-state index in [0.717, 1.165) is 0 Å². The van der Waals surface area contributed by atoms with E-state index in [2.05, 4.69) is 41.1 Å². The largest absolute Gasteiger partial charge is 1.00 e. The molecule has 1 aromatic carbocycles. The van der Waals surface area contributed by atoms with Crippen molar-refractivity contribution in [2.24, 2.45) is 0 Å². The number of fused-ring (bicyclic) bond motifs is 1. The monoisotopic (exact) mass is 480 g/mol. The molecule has 2 rings (SSSR count). The molecule has 0 aliphatic heterocycles. The van der Waals surface area contributed by atoms with Gasteiger partial charge >= 0.3 is 146 Å². The Kier molecular flexibility index (Phi) is 9.92. The van der Waals surface area contributed by atoms with Crippen LogP contribution in [0.5, 0.6) is 0 Å². The second-order valence-corrected chi connectivity index (χ2v) is 10.1. The van der Waals surface area contributed by atoms with Crippen LogP contribution in [0.4, 0.5) is 0 Å². The molecule has 0 aliphatic rings. The fourth-order valence-electron chi connectivity index (χ4n) is 2.71. The van der Waals surface area contributed by atoms with Gasteiger partial charge in [0, 0.05) is 0 Å². The Balaban J connectivity index is 0.00000220. The number of rotatable bonds is 8. The molecule has 0 radical (unpaired) electrons. The van der Waals surface area contributed by atoms with Crippen LogP contribution >= 0.6 is 27.3 Å². The second kappa shape index (κ2) is 10.5. The first kappa shape index (κ1) is 19.8. The minimum Gasteiger partial charge on any atom is -1.00 e. The minimum atomic E-state index is 0. The van der Waals surface area contributed by atoms with E-state index >= 15 is 0 Å². The Morgan fingerprint density at radius 1 is 1.05 bits per heavy atom. The summed E-state index contributed by atoms with van der Waals surface area (Å²) < 4.78 is 4.29. The average Bonchev–Trinajstić information content (AvgIpc) is 2.73. The molecule has 4 heteroatoms. The second-order valence-electron chi connectivity index (χ2n) is 5.52. The van der Waals surface area contributed by atoms with E-state index in [1.807, 2.05) is 11.3 Å². The molecule has 1 heterocycles. The van der Waals surface area contributed by atoms with Crippen LogP contribution < -0.4 is 20.5 Å². The SMILES string of the molecule is CCCCCCCCCc1[c]([Zn+])sc2cc(Br)ccc12.[Br-]. The Morgan fingerprint density at radius 3 is 2.43 bits per heavy atom. The standard InChI is InChI=1S/C17H22BrS.BrH.Zn/c1-2-3-4-5-6-7-8-9-14-13-19-17-12-15(18)10-11-16(14)17;;/h10-12H,2-9H2,1H3;1H;/q;;+1/p-1. The van der Waals surface area contributed by atoms with Crippen molar-refractivity contribution >= 4 is 40.8 Å².